The molecule has 0 N–H and O–H groups in total. The van der Waals surface area contributed by atoms with Crippen LogP contribution < -0.4 is 0 Å². The SMILES string of the molecule is CC(C)Cn1ncc(C(=O)N2CC[C@H]2c2ccccc2F)c1C1CC1. The number of rotatable bonds is 5. The van der Waals surface area contributed by atoms with Gasteiger partial charge in [0.05, 0.1) is 23.5 Å². The Labute approximate surface area is 147 Å². The van der Waals surface area contributed by atoms with Crippen molar-refractivity contribution in [3.05, 3.63) is 53.1 Å². The highest BCUT2D eigenvalue weighted by Crippen LogP contribution is 2.43. The number of halogens is 1. The van der Waals surface area contributed by atoms with Crippen molar-refractivity contribution in [2.75, 3.05) is 6.54 Å². The first-order valence-electron chi connectivity index (χ1n) is 9.17. The fourth-order valence-corrected chi connectivity index (χ4v) is 3.69. The minimum Gasteiger partial charge on any atom is -0.331 e. The monoisotopic (exact) mass is 341 g/mol. The molecule has 0 radical (unpaired) electrons. The number of hydrogen-bond acceptors (Lipinski definition) is 2. The van der Waals surface area contributed by atoms with Gasteiger partial charge in [0.15, 0.2) is 0 Å². The predicted octanol–water partition coefficient (Wildman–Crippen LogP) is 4.14. The van der Waals surface area contributed by atoms with E-state index >= 15 is 0 Å². The second kappa shape index (κ2) is 6.28. The zero-order chi connectivity index (χ0) is 17.6. The highest BCUT2D eigenvalue weighted by molar-refractivity contribution is 5.96. The zero-order valence-corrected chi connectivity index (χ0v) is 14.8. The van der Waals surface area contributed by atoms with E-state index in [0.717, 1.165) is 31.5 Å². The maximum Gasteiger partial charge on any atom is 0.257 e. The molecule has 1 aliphatic heterocycles. The Morgan fingerprint density at radius 3 is 2.64 bits per heavy atom. The molecule has 132 valence electrons. The van der Waals surface area contributed by atoms with Crippen LogP contribution in [0.1, 0.15) is 66.7 Å². The molecule has 2 heterocycles. The van der Waals surface area contributed by atoms with Crippen molar-refractivity contribution in [1.29, 1.82) is 0 Å². The van der Waals surface area contributed by atoms with Gasteiger partial charge in [-0.15, -0.1) is 0 Å². The smallest absolute Gasteiger partial charge is 0.257 e. The first-order chi connectivity index (χ1) is 12.1. The van der Waals surface area contributed by atoms with Crippen molar-refractivity contribution in [3.8, 4) is 0 Å². The molecule has 1 atom stereocenters. The van der Waals surface area contributed by atoms with E-state index in [9.17, 15) is 9.18 Å². The molecule has 0 bridgehead atoms. The lowest BCUT2D eigenvalue weighted by atomic mass is 9.93. The maximum absolute atomic E-state index is 14.1. The summed E-state index contributed by atoms with van der Waals surface area (Å²) in [4.78, 5) is 14.9. The molecule has 1 amide bonds. The molecular weight excluding hydrogens is 317 g/mol. The van der Waals surface area contributed by atoms with E-state index in [2.05, 4.69) is 18.9 Å². The van der Waals surface area contributed by atoms with Crippen LogP contribution in [0.2, 0.25) is 0 Å². The van der Waals surface area contributed by atoms with Crippen LogP contribution in [-0.2, 0) is 6.54 Å². The van der Waals surface area contributed by atoms with E-state index in [1.807, 2.05) is 10.7 Å². The Morgan fingerprint density at radius 1 is 1.28 bits per heavy atom. The average molecular weight is 341 g/mol. The lowest BCUT2D eigenvalue weighted by molar-refractivity contribution is 0.0451. The molecule has 4 rings (SSSR count). The summed E-state index contributed by atoms with van der Waals surface area (Å²) in [6.07, 6.45) is 4.78. The summed E-state index contributed by atoms with van der Waals surface area (Å²) in [5, 5.41) is 4.49. The van der Waals surface area contributed by atoms with Crippen LogP contribution in [0.4, 0.5) is 4.39 Å². The average Bonchev–Trinajstić information content (AvgIpc) is 3.29. The van der Waals surface area contributed by atoms with E-state index < -0.39 is 0 Å². The van der Waals surface area contributed by atoms with Gasteiger partial charge in [0.1, 0.15) is 5.82 Å². The number of carbonyl (C=O) groups excluding carboxylic acids is 1. The third-order valence-corrected chi connectivity index (χ3v) is 5.16. The molecule has 4 nitrogen and oxygen atoms in total. The van der Waals surface area contributed by atoms with Crippen LogP contribution in [0.3, 0.4) is 0 Å². The molecule has 1 saturated carbocycles. The minimum absolute atomic E-state index is 0.00332. The number of aromatic nitrogens is 2. The normalized spacial score (nSPS) is 20.0. The van der Waals surface area contributed by atoms with Crippen molar-refractivity contribution in [2.45, 2.75) is 51.6 Å². The maximum atomic E-state index is 14.1. The largest absolute Gasteiger partial charge is 0.331 e. The van der Waals surface area contributed by atoms with E-state index in [1.54, 1.807) is 23.2 Å². The van der Waals surface area contributed by atoms with Crippen LogP contribution in [-0.4, -0.2) is 27.1 Å². The number of benzene rings is 1. The van der Waals surface area contributed by atoms with Gasteiger partial charge >= 0.3 is 0 Å². The summed E-state index contributed by atoms with van der Waals surface area (Å²) in [5.74, 6) is 0.697. The van der Waals surface area contributed by atoms with Crippen LogP contribution in [0.5, 0.6) is 0 Å². The lowest BCUT2D eigenvalue weighted by Crippen LogP contribution is -2.45. The number of hydrogen-bond donors (Lipinski definition) is 0. The van der Waals surface area contributed by atoms with Gasteiger partial charge in [0.25, 0.3) is 5.91 Å². The molecule has 1 aromatic heterocycles. The Balaban J connectivity index is 1.61. The first kappa shape index (κ1) is 16.3. The number of likely N-dealkylation sites (tertiary alicyclic amines) is 1. The highest BCUT2D eigenvalue weighted by atomic mass is 19.1. The summed E-state index contributed by atoms with van der Waals surface area (Å²) in [6, 6.07) is 6.60. The van der Waals surface area contributed by atoms with E-state index in [4.69, 9.17) is 0 Å². The summed E-state index contributed by atoms with van der Waals surface area (Å²) >= 11 is 0. The van der Waals surface area contributed by atoms with Gasteiger partial charge in [-0.1, -0.05) is 32.0 Å². The van der Waals surface area contributed by atoms with Gasteiger partial charge in [0, 0.05) is 24.6 Å². The van der Waals surface area contributed by atoms with Crippen molar-refractivity contribution in [1.82, 2.24) is 14.7 Å². The van der Waals surface area contributed by atoms with Crippen LogP contribution in [0, 0.1) is 11.7 Å². The predicted molar refractivity (Wildman–Crippen MR) is 93.8 cm³/mol. The zero-order valence-electron chi connectivity index (χ0n) is 14.8. The van der Waals surface area contributed by atoms with E-state index in [0.29, 0.717) is 29.5 Å². The summed E-state index contributed by atoms with van der Waals surface area (Å²) < 4.78 is 16.1. The Kier molecular flexibility index (Phi) is 4.10. The molecular formula is C20H24FN3O. The third kappa shape index (κ3) is 2.96. The van der Waals surface area contributed by atoms with Crippen LogP contribution >= 0.6 is 0 Å². The highest BCUT2D eigenvalue weighted by Gasteiger charge is 2.39. The van der Waals surface area contributed by atoms with Gasteiger partial charge in [0.2, 0.25) is 0 Å². The summed E-state index contributed by atoms with van der Waals surface area (Å²) in [6.45, 7) is 5.82. The van der Waals surface area contributed by atoms with Gasteiger partial charge in [-0.25, -0.2) is 4.39 Å². The number of nitrogens with zero attached hydrogens (tertiary/aromatic N) is 3. The van der Waals surface area contributed by atoms with Gasteiger partial charge in [-0.05, 0) is 31.2 Å². The van der Waals surface area contributed by atoms with Gasteiger partial charge < -0.3 is 4.90 Å². The van der Waals surface area contributed by atoms with Gasteiger partial charge in [-0.3, -0.25) is 9.48 Å². The molecule has 2 fully saturated rings. The fraction of sp³-hybridized carbons (Fsp3) is 0.500. The topological polar surface area (TPSA) is 38.1 Å². The molecule has 2 aliphatic rings. The Morgan fingerprint density at radius 2 is 2.04 bits per heavy atom. The second-order valence-corrected chi connectivity index (χ2v) is 7.62. The van der Waals surface area contributed by atoms with Crippen molar-refractivity contribution >= 4 is 5.91 Å². The molecule has 0 unspecified atom stereocenters. The molecule has 2 aromatic rings. The molecule has 1 aliphatic carbocycles. The Hall–Kier alpha value is -2.17. The van der Waals surface area contributed by atoms with Crippen molar-refractivity contribution in [3.63, 3.8) is 0 Å². The van der Waals surface area contributed by atoms with Crippen LogP contribution in [0.25, 0.3) is 0 Å². The van der Waals surface area contributed by atoms with Crippen molar-refractivity contribution in [2.24, 2.45) is 5.92 Å². The fourth-order valence-electron chi connectivity index (χ4n) is 3.69. The molecule has 5 heteroatoms. The molecule has 1 aromatic carbocycles. The second-order valence-electron chi connectivity index (χ2n) is 7.62. The van der Waals surface area contributed by atoms with Crippen LogP contribution in [0.15, 0.2) is 30.5 Å². The van der Waals surface area contributed by atoms with E-state index in [1.165, 1.54) is 6.07 Å². The Bertz CT molecular complexity index is 794. The minimum atomic E-state index is -0.233. The standard InChI is InChI=1S/C20H24FN3O/c1-13(2)12-24-19(14-7-8-14)16(11-22-24)20(25)23-10-9-18(23)15-5-3-4-6-17(15)21/h3-6,11,13-14,18H,7-10,12H2,1-2H3/t18-/m0/s1. The van der Waals surface area contributed by atoms with E-state index in [-0.39, 0.29) is 17.8 Å². The summed E-state index contributed by atoms with van der Waals surface area (Å²) in [7, 11) is 0. The third-order valence-electron chi connectivity index (χ3n) is 5.16. The number of amides is 1. The lowest BCUT2D eigenvalue weighted by Gasteiger charge is -2.41. The molecule has 25 heavy (non-hydrogen) atoms. The van der Waals surface area contributed by atoms with Gasteiger partial charge in [-0.2, -0.15) is 5.10 Å². The first-order valence-corrected chi connectivity index (χ1v) is 9.17. The summed E-state index contributed by atoms with van der Waals surface area (Å²) in [5.41, 5.74) is 2.41. The van der Waals surface area contributed by atoms with Crippen molar-refractivity contribution < 1.29 is 9.18 Å². The molecule has 0 spiro atoms. The molecule has 1 saturated heterocycles. The quantitative estimate of drug-likeness (QED) is 0.820. The number of carbonyl (C=O) groups is 1.